The van der Waals surface area contributed by atoms with Gasteiger partial charge in [0.2, 0.25) is 16.0 Å². The number of carbonyl (C=O) groups is 1. The molecule has 28 heavy (non-hydrogen) atoms. The molecule has 0 unspecified atom stereocenters. The highest BCUT2D eigenvalue weighted by Gasteiger charge is 2.30. The minimum absolute atomic E-state index is 0.0112. The largest absolute Gasteiger partial charge is 0.290 e. The predicted molar refractivity (Wildman–Crippen MR) is 105 cm³/mol. The van der Waals surface area contributed by atoms with Crippen molar-refractivity contribution in [2.24, 2.45) is 0 Å². The summed E-state index contributed by atoms with van der Waals surface area (Å²) in [7, 11) is -3.56. The summed E-state index contributed by atoms with van der Waals surface area (Å²) in [5, 5.41) is 10.6. The van der Waals surface area contributed by atoms with E-state index in [-0.39, 0.29) is 16.8 Å². The van der Waals surface area contributed by atoms with Gasteiger partial charge in [-0.15, -0.1) is 10.2 Å². The number of rotatable bonds is 4. The second-order valence-electron chi connectivity index (χ2n) is 6.89. The van der Waals surface area contributed by atoms with E-state index in [0.29, 0.717) is 23.7 Å². The van der Waals surface area contributed by atoms with Gasteiger partial charge in [0.05, 0.1) is 4.90 Å². The lowest BCUT2D eigenvalue weighted by Gasteiger charge is -2.32. The van der Waals surface area contributed by atoms with Gasteiger partial charge in [-0.25, -0.2) is 8.42 Å². The number of fused-ring (bicyclic) bond motifs is 1. The summed E-state index contributed by atoms with van der Waals surface area (Å²) in [6.45, 7) is 2.47. The zero-order valence-electron chi connectivity index (χ0n) is 15.4. The van der Waals surface area contributed by atoms with Crippen LogP contribution in [-0.2, 0) is 10.0 Å². The molecular formula is C19H21N5O3S. The highest BCUT2D eigenvalue weighted by atomic mass is 32.2. The van der Waals surface area contributed by atoms with Gasteiger partial charge in [-0.1, -0.05) is 12.5 Å². The number of anilines is 1. The lowest BCUT2D eigenvalue weighted by molar-refractivity contribution is 0.102. The van der Waals surface area contributed by atoms with Crippen molar-refractivity contribution in [1.82, 2.24) is 18.9 Å². The zero-order chi connectivity index (χ0) is 19.7. The van der Waals surface area contributed by atoms with Crippen molar-refractivity contribution in [3.8, 4) is 0 Å². The first-order valence-electron chi connectivity index (χ1n) is 9.20. The van der Waals surface area contributed by atoms with Gasteiger partial charge in [0.1, 0.15) is 0 Å². The lowest BCUT2D eigenvalue weighted by atomic mass is 10.1. The number of nitrogens with zero attached hydrogens (tertiary/aromatic N) is 4. The van der Waals surface area contributed by atoms with Gasteiger partial charge < -0.3 is 0 Å². The van der Waals surface area contributed by atoms with Gasteiger partial charge in [-0.3, -0.25) is 14.5 Å². The van der Waals surface area contributed by atoms with Crippen LogP contribution in [0.2, 0.25) is 0 Å². The number of benzene rings is 1. The number of hydrogen-bond donors (Lipinski definition) is 1. The van der Waals surface area contributed by atoms with E-state index in [1.54, 1.807) is 21.0 Å². The van der Waals surface area contributed by atoms with Gasteiger partial charge in [0.25, 0.3) is 5.91 Å². The molecule has 3 heterocycles. The van der Waals surface area contributed by atoms with E-state index in [1.807, 2.05) is 19.1 Å². The van der Waals surface area contributed by atoms with Crippen LogP contribution in [0.25, 0.3) is 5.65 Å². The van der Waals surface area contributed by atoms with Crippen molar-refractivity contribution >= 4 is 27.5 Å². The fraction of sp³-hybridized carbons (Fsp3) is 0.316. The molecule has 8 nitrogen and oxygen atoms in total. The van der Waals surface area contributed by atoms with E-state index in [9.17, 15) is 13.2 Å². The number of hydrogen-bond acceptors (Lipinski definition) is 5. The van der Waals surface area contributed by atoms with Crippen LogP contribution in [0.3, 0.4) is 0 Å². The first kappa shape index (κ1) is 18.6. The Bertz CT molecular complexity index is 1110. The van der Waals surface area contributed by atoms with E-state index < -0.39 is 10.0 Å². The van der Waals surface area contributed by atoms with E-state index in [1.165, 1.54) is 24.3 Å². The molecule has 1 saturated heterocycles. The summed E-state index contributed by atoms with van der Waals surface area (Å²) >= 11 is 0. The molecule has 0 radical (unpaired) electrons. The third-order valence-electron chi connectivity index (χ3n) is 5.00. The van der Waals surface area contributed by atoms with Gasteiger partial charge >= 0.3 is 0 Å². The minimum atomic E-state index is -3.56. The average Bonchev–Trinajstić information content (AvgIpc) is 3.11. The van der Waals surface area contributed by atoms with Gasteiger partial charge in [-0.05, 0) is 56.2 Å². The third-order valence-corrected chi connectivity index (χ3v) is 7.03. The highest BCUT2D eigenvalue weighted by Crippen LogP contribution is 2.25. The van der Waals surface area contributed by atoms with Crippen molar-refractivity contribution in [1.29, 1.82) is 0 Å². The fourth-order valence-corrected chi connectivity index (χ4v) is 5.14. The number of pyridine rings is 1. The summed E-state index contributed by atoms with van der Waals surface area (Å²) in [5.41, 5.74) is 0.966. The average molecular weight is 399 g/mol. The SMILES string of the molecule is C[C@@H]1CCCCN1S(=O)(=O)c1ccc(C(=O)Nc2nnc3ccccn23)cc1. The van der Waals surface area contributed by atoms with Crippen molar-refractivity contribution in [3.05, 3.63) is 54.2 Å². The topological polar surface area (TPSA) is 96.7 Å². The van der Waals surface area contributed by atoms with E-state index in [4.69, 9.17) is 0 Å². The molecule has 0 saturated carbocycles. The van der Waals surface area contributed by atoms with Crippen LogP contribution in [0.1, 0.15) is 36.5 Å². The molecule has 1 aliphatic rings. The molecule has 1 amide bonds. The van der Waals surface area contributed by atoms with Crippen molar-refractivity contribution in [2.45, 2.75) is 37.1 Å². The smallest absolute Gasteiger partial charge is 0.258 e. The Labute approximate surface area is 163 Å². The summed E-state index contributed by atoms with van der Waals surface area (Å²) in [6.07, 6.45) is 4.53. The maximum Gasteiger partial charge on any atom is 0.258 e. The van der Waals surface area contributed by atoms with Crippen LogP contribution in [0, 0.1) is 0 Å². The quantitative estimate of drug-likeness (QED) is 0.727. The van der Waals surface area contributed by atoms with Gasteiger partial charge in [0, 0.05) is 24.3 Å². The normalized spacial score (nSPS) is 18.2. The Morgan fingerprint density at radius 1 is 1.11 bits per heavy atom. The molecule has 0 aliphatic carbocycles. The number of carbonyl (C=O) groups excluding carboxylic acids is 1. The summed E-state index contributed by atoms with van der Waals surface area (Å²) in [5.74, 6) is -0.0760. The summed E-state index contributed by atoms with van der Waals surface area (Å²) in [4.78, 5) is 12.7. The number of amides is 1. The molecule has 9 heteroatoms. The van der Waals surface area contributed by atoms with Gasteiger partial charge in [-0.2, -0.15) is 4.31 Å². The molecule has 0 bridgehead atoms. The molecule has 2 aromatic heterocycles. The maximum absolute atomic E-state index is 12.9. The maximum atomic E-state index is 12.9. The number of piperidine rings is 1. The molecule has 3 aromatic rings. The van der Waals surface area contributed by atoms with Crippen molar-refractivity contribution < 1.29 is 13.2 Å². The first-order chi connectivity index (χ1) is 13.5. The molecule has 1 atom stereocenters. The zero-order valence-corrected chi connectivity index (χ0v) is 16.3. The van der Waals surface area contributed by atoms with Gasteiger partial charge in [0.15, 0.2) is 5.65 Å². The number of sulfonamides is 1. The van der Waals surface area contributed by atoms with E-state index in [2.05, 4.69) is 15.5 Å². The Hall–Kier alpha value is -2.78. The summed E-state index contributed by atoms with van der Waals surface area (Å²) < 4.78 is 29.0. The summed E-state index contributed by atoms with van der Waals surface area (Å²) in [6, 6.07) is 11.4. The third kappa shape index (κ3) is 3.38. The molecule has 1 aromatic carbocycles. The molecule has 4 rings (SSSR count). The van der Waals surface area contributed by atoms with E-state index in [0.717, 1.165) is 19.3 Å². The first-order valence-corrected chi connectivity index (χ1v) is 10.6. The Morgan fingerprint density at radius 2 is 1.89 bits per heavy atom. The number of nitrogens with one attached hydrogen (secondary N) is 1. The van der Waals surface area contributed by atoms with Crippen LogP contribution in [0.4, 0.5) is 5.95 Å². The molecule has 1 fully saturated rings. The highest BCUT2D eigenvalue weighted by molar-refractivity contribution is 7.89. The Morgan fingerprint density at radius 3 is 2.64 bits per heavy atom. The molecular weight excluding hydrogens is 378 g/mol. The fourth-order valence-electron chi connectivity index (χ4n) is 3.44. The van der Waals surface area contributed by atoms with Crippen molar-refractivity contribution in [2.75, 3.05) is 11.9 Å². The second-order valence-corrected chi connectivity index (χ2v) is 8.78. The monoisotopic (exact) mass is 399 g/mol. The van der Waals surface area contributed by atoms with E-state index >= 15 is 0 Å². The van der Waals surface area contributed by atoms with Crippen LogP contribution in [0.15, 0.2) is 53.6 Å². The molecule has 1 N–H and O–H groups in total. The van der Waals surface area contributed by atoms with Crippen LogP contribution >= 0.6 is 0 Å². The lowest BCUT2D eigenvalue weighted by Crippen LogP contribution is -2.41. The molecule has 0 spiro atoms. The molecule has 1 aliphatic heterocycles. The second kappa shape index (κ2) is 7.33. The standard InChI is InChI=1S/C19H21N5O3S/c1-14-6-2-5-13-24(14)28(26,27)16-10-8-15(9-11-16)18(25)20-19-22-21-17-7-3-4-12-23(17)19/h3-4,7-12,14H,2,5-6,13H2,1H3,(H,20,22,25)/t14-/m1/s1. The molecule has 146 valence electrons. The minimum Gasteiger partial charge on any atom is -0.290 e. The Balaban J connectivity index is 1.53. The number of aromatic nitrogens is 3. The predicted octanol–water partition coefficient (Wildman–Crippen LogP) is 2.54. The van der Waals surface area contributed by atoms with Crippen molar-refractivity contribution in [3.63, 3.8) is 0 Å². The Kier molecular flexibility index (Phi) is 4.86. The van der Waals surface area contributed by atoms with Crippen LogP contribution in [0.5, 0.6) is 0 Å². The van der Waals surface area contributed by atoms with Crippen LogP contribution < -0.4 is 5.32 Å². The van der Waals surface area contributed by atoms with Crippen LogP contribution in [-0.4, -0.2) is 45.8 Å².